The largest absolute Gasteiger partial charge is 0.322 e. The van der Waals surface area contributed by atoms with E-state index in [9.17, 15) is 4.79 Å². The van der Waals surface area contributed by atoms with Gasteiger partial charge in [0.1, 0.15) is 5.82 Å². The molecule has 3 N–H and O–H groups in total. The molecule has 0 aliphatic heterocycles. The fourth-order valence-corrected chi connectivity index (χ4v) is 1.45. The van der Waals surface area contributed by atoms with Crippen LogP contribution in [0.3, 0.4) is 0 Å². The summed E-state index contributed by atoms with van der Waals surface area (Å²) in [6.07, 6.45) is 1.66. The molecule has 0 aromatic carbocycles. The Morgan fingerprint density at radius 3 is 2.88 bits per heavy atom. The van der Waals surface area contributed by atoms with Gasteiger partial charge in [-0.05, 0) is 13.0 Å². The summed E-state index contributed by atoms with van der Waals surface area (Å²) in [5.41, 5.74) is 6.84. The fourth-order valence-electron chi connectivity index (χ4n) is 1.45. The quantitative estimate of drug-likeness (QED) is 0.754. The van der Waals surface area contributed by atoms with Crippen LogP contribution in [0, 0.1) is 0 Å². The Bertz CT molecular complexity index is 554. The second kappa shape index (κ2) is 3.90. The van der Waals surface area contributed by atoms with Crippen molar-refractivity contribution in [3.05, 3.63) is 34.5 Å². The fraction of sp³-hybridized carbons (Fsp3) is 0.300. The number of aryl methyl sites for hydroxylation is 1. The van der Waals surface area contributed by atoms with E-state index in [1.807, 2.05) is 0 Å². The Hall–Kier alpha value is -1.95. The summed E-state index contributed by atoms with van der Waals surface area (Å²) in [5.74, 6) is 0.476. The van der Waals surface area contributed by atoms with E-state index in [1.165, 1.54) is 6.07 Å². The molecule has 0 spiro atoms. The van der Waals surface area contributed by atoms with Crippen LogP contribution in [0.5, 0.6) is 0 Å². The van der Waals surface area contributed by atoms with Gasteiger partial charge in [-0.1, -0.05) is 0 Å². The van der Waals surface area contributed by atoms with E-state index >= 15 is 0 Å². The van der Waals surface area contributed by atoms with E-state index in [2.05, 4.69) is 15.1 Å². The molecule has 2 aromatic rings. The van der Waals surface area contributed by atoms with E-state index in [0.717, 1.165) is 5.69 Å². The van der Waals surface area contributed by atoms with Gasteiger partial charge in [-0.2, -0.15) is 5.10 Å². The predicted octanol–water partition coefficient (Wildman–Crippen LogP) is 0.190. The number of hydrogen-bond acceptors (Lipinski definition) is 4. The SMILES string of the molecule is CC(N)c1nc(-c2ccnn2C)cc(=O)[nH]1. The van der Waals surface area contributed by atoms with Gasteiger partial charge >= 0.3 is 0 Å². The molecule has 0 amide bonds. The number of H-pyrrole nitrogens is 1. The molecule has 16 heavy (non-hydrogen) atoms. The van der Waals surface area contributed by atoms with Crippen molar-refractivity contribution in [1.29, 1.82) is 0 Å². The third-order valence-electron chi connectivity index (χ3n) is 2.27. The highest BCUT2D eigenvalue weighted by Gasteiger charge is 2.09. The lowest BCUT2D eigenvalue weighted by molar-refractivity contribution is 0.728. The molecule has 2 heterocycles. The summed E-state index contributed by atoms with van der Waals surface area (Å²) < 4.78 is 1.66. The first-order valence-corrected chi connectivity index (χ1v) is 4.93. The number of aromatic amines is 1. The van der Waals surface area contributed by atoms with Crippen LogP contribution >= 0.6 is 0 Å². The molecular formula is C10H13N5O. The van der Waals surface area contributed by atoms with Crippen LogP contribution < -0.4 is 11.3 Å². The van der Waals surface area contributed by atoms with Gasteiger partial charge in [-0.15, -0.1) is 0 Å². The van der Waals surface area contributed by atoms with Gasteiger partial charge in [-0.25, -0.2) is 4.98 Å². The smallest absolute Gasteiger partial charge is 0.251 e. The predicted molar refractivity (Wildman–Crippen MR) is 59.7 cm³/mol. The van der Waals surface area contributed by atoms with Gasteiger partial charge < -0.3 is 10.7 Å². The van der Waals surface area contributed by atoms with Crippen LogP contribution in [0.4, 0.5) is 0 Å². The molecule has 0 aliphatic carbocycles. The van der Waals surface area contributed by atoms with Crippen molar-refractivity contribution in [1.82, 2.24) is 19.7 Å². The molecule has 6 heteroatoms. The molecule has 1 atom stereocenters. The highest BCUT2D eigenvalue weighted by molar-refractivity contribution is 5.53. The highest BCUT2D eigenvalue weighted by Crippen LogP contribution is 2.14. The average Bonchev–Trinajstić information content (AvgIpc) is 2.63. The Morgan fingerprint density at radius 2 is 2.31 bits per heavy atom. The zero-order chi connectivity index (χ0) is 11.7. The first kappa shape index (κ1) is 10.6. The number of nitrogens with one attached hydrogen (secondary N) is 1. The van der Waals surface area contributed by atoms with E-state index in [-0.39, 0.29) is 11.6 Å². The second-order valence-corrected chi connectivity index (χ2v) is 3.64. The highest BCUT2D eigenvalue weighted by atomic mass is 16.1. The van der Waals surface area contributed by atoms with Crippen molar-refractivity contribution < 1.29 is 0 Å². The van der Waals surface area contributed by atoms with E-state index < -0.39 is 0 Å². The minimum Gasteiger partial charge on any atom is -0.322 e. The number of nitrogens with two attached hydrogens (primary N) is 1. The lowest BCUT2D eigenvalue weighted by atomic mass is 10.2. The van der Waals surface area contributed by atoms with Crippen LogP contribution in [0.15, 0.2) is 23.1 Å². The number of nitrogens with zero attached hydrogens (tertiary/aromatic N) is 3. The molecule has 6 nitrogen and oxygen atoms in total. The van der Waals surface area contributed by atoms with Crippen molar-refractivity contribution in [2.75, 3.05) is 0 Å². The first-order chi connectivity index (χ1) is 7.58. The third-order valence-corrected chi connectivity index (χ3v) is 2.27. The molecule has 2 aromatic heterocycles. The maximum absolute atomic E-state index is 11.4. The lowest BCUT2D eigenvalue weighted by Crippen LogP contribution is -2.17. The number of hydrogen-bond donors (Lipinski definition) is 2. The van der Waals surface area contributed by atoms with Crippen LogP contribution in [0.1, 0.15) is 18.8 Å². The molecule has 0 saturated carbocycles. The van der Waals surface area contributed by atoms with Crippen molar-refractivity contribution in [2.24, 2.45) is 12.8 Å². The Balaban J connectivity index is 2.58. The van der Waals surface area contributed by atoms with Crippen molar-refractivity contribution in [3.8, 4) is 11.4 Å². The minimum absolute atomic E-state index is 0.210. The summed E-state index contributed by atoms with van der Waals surface area (Å²) in [5, 5.41) is 4.03. The topological polar surface area (TPSA) is 89.6 Å². The Labute approximate surface area is 92.1 Å². The minimum atomic E-state index is -0.305. The second-order valence-electron chi connectivity index (χ2n) is 3.64. The van der Waals surface area contributed by atoms with E-state index in [1.54, 1.807) is 30.9 Å². The average molecular weight is 219 g/mol. The normalized spacial score (nSPS) is 12.7. The molecule has 1 unspecified atom stereocenters. The van der Waals surface area contributed by atoms with Crippen LogP contribution in [0.2, 0.25) is 0 Å². The maximum atomic E-state index is 11.4. The van der Waals surface area contributed by atoms with Crippen LogP contribution in [0.25, 0.3) is 11.4 Å². The van der Waals surface area contributed by atoms with E-state index in [0.29, 0.717) is 11.5 Å². The molecule has 84 valence electrons. The summed E-state index contributed by atoms with van der Waals surface area (Å²) in [6.45, 7) is 1.77. The lowest BCUT2D eigenvalue weighted by Gasteiger charge is -2.06. The van der Waals surface area contributed by atoms with E-state index in [4.69, 9.17) is 5.73 Å². The molecule has 0 radical (unpaired) electrons. The van der Waals surface area contributed by atoms with Gasteiger partial charge in [0, 0.05) is 19.3 Å². The summed E-state index contributed by atoms with van der Waals surface area (Å²) in [7, 11) is 1.80. The summed E-state index contributed by atoms with van der Waals surface area (Å²) >= 11 is 0. The zero-order valence-corrected chi connectivity index (χ0v) is 9.14. The van der Waals surface area contributed by atoms with Crippen molar-refractivity contribution in [3.63, 3.8) is 0 Å². The standard InChI is InChI=1S/C10H13N5O/c1-6(11)10-13-7(5-9(16)14-10)8-3-4-12-15(8)2/h3-6H,11H2,1-2H3,(H,13,14,16). The van der Waals surface area contributed by atoms with Gasteiger partial charge in [0.05, 0.1) is 17.4 Å². The van der Waals surface area contributed by atoms with Gasteiger partial charge in [0.15, 0.2) is 0 Å². The van der Waals surface area contributed by atoms with Gasteiger partial charge in [0.2, 0.25) is 0 Å². The number of rotatable bonds is 2. The van der Waals surface area contributed by atoms with Crippen LogP contribution in [-0.4, -0.2) is 19.7 Å². The molecule has 2 rings (SSSR count). The van der Waals surface area contributed by atoms with Crippen molar-refractivity contribution >= 4 is 0 Å². The summed E-state index contributed by atoms with van der Waals surface area (Å²) in [4.78, 5) is 18.3. The van der Waals surface area contributed by atoms with Gasteiger partial charge in [0.25, 0.3) is 5.56 Å². The monoisotopic (exact) mass is 219 g/mol. The molecular weight excluding hydrogens is 206 g/mol. The van der Waals surface area contributed by atoms with Crippen LogP contribution in [-0.2, 0) is 7.05 Å². The zero-order valence-electron chi connectivity index (χ0n) is 9.14. The van der Waals surface area contributed by atoms with Gasteiger partial charge in [-0.3, -0.25) is 9.48 Å². The summed E-state index contributed by atoms with van der Waals surface area (Å²) in [6, 6.07) is 2.93. The number of aromatic nitrogens is 4. The Kier molecular flexibility index (Phi) is 2.57. The molecule has 0 fully saturated rings. The van der Waals surface area contributed by atoms with Crippen molar-refractivity contribution in [2.45, 2.75) is 13.0 Å². The first-order valence-electron chi connectivity index (χ1n) is 4.93. The Morgan fingerprint density at radius 1 is 1.56 bits per heavy atom. The molecule has 0 bridgehead atoms. The molecule has 0 aliphatic rings. The maximum Gasteiger partial charge on any atom is 0.251 e. The third kappa shape index (κ3) is 1.87. The molecule has 0 saturated heterocycles.